The zero-order chi connectivity index (χ0) is 20.7. The van der Waals surface area contributed by atoms with Crippen molar-refractivity contribution in [1.82, 2.24) is 10.4 Å². The minimum Gasteiger partial charge on any atom is -0.445 e. The number of carbonyl (C=O) groups is 4. The predicted octanol–water partition coefficient (Wildman–Crippen LogP) is 1.70. The summed E-state index contributed by atoms with van der Waals surface area (Å²) in [5.41, 5.74) is 0.184. The second-order valence-corrected chi connectivity index (χ2v) is 7.17. The van der Waals surface area contributed by atoms with Gasteiger partial charge in [-0.1, -0.05) is 30.3 Å². The Morgan fingerprint density at radius 3 is 2.29 bits per heavy atom. The standard InChI is InChI=1S/C19H24N2O7/c1-19(2,3)27-12-14(17(24)28-21-15(22)9-10-16(21)23)20-18(25)26-11-13-7-5-4-6-8-13/h4-8,14H,9-12H2,1-3H3,(H,20,25). The van der Waals surface area contributed by atoms with Crippen LogP contribution in [0.15, 0.2) is 30.3 Å². The van der Waals surface area contributed by atoms with Gasteiger partial charge in [0.05, 0.1) is 12.2 Å². The third kappa shape index (κ3) is 6.66. The van der Waals surface area contributed by atoms with Crippen LogP contribution in [0.2, 0.25) is 0 Å². The van der Waals surface area contributed by atoms with Crippen LogP contribution in [0.1, 0.15) is 39.2 Å². The fourth-order valence-electron chi connectivity index (χ4n) is 2.22. The van der Waals surface area contributed by atoms with E-state index in [9.17, 15) is 19.2 Å². The fourth-order valence-corrected chi connectivity index (χ4v) is 2.22. The minimum absolute atomic E-state index is 0.0116. The summed E-state index contributed by atoms with van der Waals surface area (Å²) in [6.07, 6.45) is -0.911. The second kappa shape index (κ2) is 9.32. The lowest BCUT2D eigenvalue weighted by molar-refractivity contribution is -0.200. The molecule has 1 unspecified atom stereocenters. The molecule has 2 rings (SSSR count). The molecule has 0 spiro atoms. The third-order valence-corrected chi connectivity index (χ3v) is 3.66. The maximum Gasteiger partial charge on any atom is 0.408 e. The molecule has 1 N–H and O–H groups in total. The first-order valence-electron chi connectivity index (χ1n) is 8.84. The summed E-state index contributed by atoms with van der Waals surface area (Å²) < 4.78 is 10.6. The lowest BCUT2D eigenvalue weighted by Crippen LogP contribution is -2.49. The quantitative estimate of drug-likeness (QED) is 0.703. The molecule has 0 radical (unpaired) electrons. The van der Waals surface area contributed by atoms with Crippen LogP contribution >= 0.6 is 0 Å². The molecular weight excluding hydrogens is 368 g/mol. The van der Waals surface area contributed by atoms with Gasteiger partial charge in [-0.2, -0.15) is 0 Å². The molecule has 1 aromatic rings. The van der Waals surface area contributed by atoms with Crippen LogP contribution in [0.3, 0.4) is 0 Å². The molecule has 3 amide bonds. The van der Waals surface area contributed by atoms with E-state index >= 15 is 0 Å². The van der Waals surface area contributed by atoms with Crippen molar-refractivity contribution in [2.45, 2.75) is 51.9 Å². The van der Waals surface area contributed by atoms with Crippen LogP contribution in [0, 0.1) is 0 Å². The van der Waals surface area contributed by atoms with Crippen LogP contribution in [0.4, 0.5) is 4.79 Å². The molecule has 1 aliphatic heterocycles. The summed E-state index contributed by atoms with van der Waals surface area (Å²) in [6.45, 7) is 5.11. The Bertz CT molecular complexity index is 712. The highest BCUT2D eigenvalue weighted by atomic mass is 16.7. The Morgan fingerprint density at radius 2 is 1.71 bits per heavy atom. The Labute approximate surface area is 162 Å². The topological polar surface area (TPSA) is 111 Å². The van der Waals surface area contributed by atoms with Gasteiger partial charge >= 0.3 is 12.1 Å². The average Bonchev–Trinajstić information content (AvgIpc) is 2.95. The summed E-state index contributed by atoms with van der Waals surface area (Å²) in [7, 11) is 0. The van der Waals surface area contributed by atoms with Crippen molar-refractivity contribution < 1.29 is 33.5 Å². The van der Waals surface area contributed by atoms with Gasteiger partial charge in [-0.05, 0) is 26.3 Å². The number of alkyl carbamates (subject to hydrolysis) is 1. The number of nitrogens with one attached hydrogen (secondary N) is 1. The van der Waals surface area contributed by atoms with Crippen molar-refractivity contribution in [3.63, 3.8) is 0 Å². The normalized spacial score (nSPS) is 15.3. The van der Waals surface area contributed by atoms with Gasteiger partial charge in [-0.3, -0.25) is 9.59 Å². The second-order valence-electron chi connectivity index (χ2n) is 7.17. The van der Waals surface area contributed by atoms with E-state index in [1.54, 1.807) is 45.0 Å². The first-order chi connectivity index (χ1) is 13.2. The van der Waals surface area contributed by atoms with Gasteiger partial charge in [-0.25, -0.2) is 9.59 Å². The highest BCUT2D eigenvalue weighted by Crippen LogP contribution is 2.14. The van der Waals surface area contributed by atoms with Crippen LogP contribution in [-0.2, 0) is 35.3 Å². The lowest BCUT2D eigenvalue weighted by atomic mass is 10.2. The zero-order valence-corrected chi connectivity index (χ0v) is 16.1. The molecule has 28 heavy (non-hydrogen) atoms. The van der Waals surface area contributed by atoms with E-state index in [1.807, 2.05) is 6.07 Å². The Kier molecular flexibility index (Phi) is 7.11. The molecule has 1 aliphatic rings. The van der Waals surface area contributed by atoms with Gasteiger partial charge in [0.1, 0.15) is 6.61 Å². The third-order valence-electron chi connectivity index (χ3n) is 3.66. The minimum atomic E-state index is -1.26. The van der Waals surface area contributed by atoms with Gasteiger partial charge in [-0.15, -0.1) is 5.06 Å². The summed E-state index contributed by atoms with van der Waals surface area (Å²) in [6, 6.07) is 7.75. The first-order valence-corrected chi connectivity index (χ1v) is 8.84. The number of imide groups is 1. The molecule has 1 atom stereocenters. The number of carbonyl (C=O) groups excluding carboxylic acids is 4. The monoisotopic (exact) mass is 392 g/mol. The van der Waals surface area contributed by atoms with Crippen molar-refractivity contribution in [2.24, 2.45) is 0 Å². The van der Waals surface area contributed by atoms with Crippen molar-refractivity contribution in [3.8, 4) is 0 Å². The zero-order valence-electron chi connectivity index (χ0n) is 16.1. The number of hydrogen-bond donors (Lipinski definition) is 1. The Hall–Kier alpha value is -2.94. The van der Waals surface area contributed by atoms with E-state index in [0.717, 1.165) is 5.56 Å². The maximum atomic E-state index is 12.4. The highest BCUT2D eigenvalue weighted by Gasteiger charge is 2.36. The number of hydroxylamine groups is 2. The van der Waals surface area contributed by atoms with E-state index in [0.29, 0.717) is 5.06 Å². The van der Waals surface area contributed by atoms with E-state index in [-0.39, 0.29) is 26.1 Å². The summed E-state index contributed by atoms with van der Waals surface area (Å²) in [5.74, 6) is -2.22. The molecule has 1 saturated heterocycles. The SMILES string of the molecule is CC(C)(C)OCC(NC(=O)OCc1ccccc1)C(=O)ON1C(=O)CCC1=O. The van der Waals surface area contributed by atoms with Gasteiger partial charge in [0, 0.05) is 12.8 Å². The number of benzene rings is 1. The van der Waals surface area contributed by atoms with E-state index in [2.05, 4.69) is 5.32 Å². The van der Waals surface area contributed by atoms with Gasteiger partial charge in [0.2, 0.25) is 0 Å². The molecule has 9 nitrogen and oxygen atoms in total. The highest BCUT2D eigenvalue weighted by molar-refractivity contribution is 6.01. The van der Waals surface area contributed by atoms with E-state index in [4.69, 9.17) is 14.3 Å². The van der Waals surface area contributed by atoms with Crippen molar-refractivity contribution in [3.05, 3.63) is 35.9 Å². The maximum absolute atomic E-state index is 12.4. The predicted molar refractivity (Wildman–Crippen MR) is 96.4 cm³/mol. The summed E-state index contributed by atoms with van der Waals surface area (Å²) in [4.78, 5) is 52.6. The number of amides is 3. The molecule has 1 aromatic carbocycles. The molecule has 0 aromatic heterocycles. The van der Waals surface area contributed by atoms with Crippen LogP contribution < -0.4 is 5.32 Å². The molecule has 1 fully saturated rings. The summed E-state index contributed by atoms with van der Waals surface area (Å²) >= 11 is 0. The number of ether oxygens (including phenoxy) is 2. The fraction of sp³-hybridized carbons (Fsp3) is 0.474. The molecule has 0 saturated carbocycles. The van der Waals surface area contributed by atoms with Crippen molar-refractivity contribution in [1.29, 1.82) is 0 Å². The Balaban J connectivity index is 1.97. The van der Waals surface area contributed by atoms with Crippen molar-refractivity contribution >= 4 is 23.9 Å². The van der Waals surface area contributed by atoms with Gasteiger partial charge in [0.25, 0.3) is 11.8 Å². The number of nitrogens with zero attached hydrogens (tertiary/aromatic N) is 1. The van der Waals surface area contributed by atoms with Crippen LogP contribution in [0.25, 0.3) is 0 Å². The van der Waals surface area contributed by atoms with Crippen molar-refractivity contribution in [2.75, 3.05) is 6.61 Å². The first kappa shape index (κ1) is 21.4. The van der Waals surface area contributed by atoms with Gasteiger partial charge < -0.3 is 19.6 Å². The van der Waals surface area contributed by atoms with E-state index in [1.165, 1.54) is 0 Å². The Morgan fingerprint density at radius 1 is 1.11 bits per heavy atom. The van der Waals surface area contributed by atoms with E-state index < -0.39 is 35.5 Å². The van der Waals surface area contributed by atoms with Gasteiger partial charge in [0.15, 0.2) is 6.04 Å². The molecule has 0 aliphatic carbocycles. The van der Waals surface area contributed by atoms with Crippen LogP contribution in [0.5, 0.6) is 0 Å². The summed E-state index contributed by atoms with van der Waals surface area (Å²) in [5, 5.41) is 2.77. The number of hydrogen-bond acceptors (Lipinski definition) is 7. The molecule has 152 valence electrons. The molecular formula is C19H24N2O7. The van der Waals surface area contributed by atoms with Crippen LogP contribution in [-0.4, -0.2) is 47.2 Å². The molecule has 0 bridgehead atoms. The molecule has 9 heteroatoms. The smallest absolute Gasteiger partial charge is 0.408 e. The molecule has 1 heterocycles. The number of rotatable bonds is 7. The largest absolute Gasteiger partial charge is 0.445 e. The average molecular weight is 392 g/mol. The lowest BCUT2D eigenvalue weighted by Gasteiger charge is -2.24.